The summed E-state index contributed by atoms with van der Waals surface area (Å²) in [5.41, 5.74) is 6.13. The number of hydrogen-bond acceptors (Lipinski definition) is 4. The van der Waals surface area contributed by atoms with E-state index in [-0.39, 0.29) is 11.7 Å². The number of nitrogens with one attached hydrogen (secondary N) is 2. The number of fused-ring (bicyclic) bond motifs is 1. The number of nitrogens with zero attached hydrogens (tertiary/aromatic N) is 3. The molecule has 0 aliphatic carbocycles. The molecule has 1 aromatic heterocycles. The Hall–Kier alpha value is -4.34. The number of aromatic nitrogens is 2. The minimum Gasteiger partial charge on any atom is -0.406 e. The van der Waals surface area contributed by atoms with Crippen molar-refractivity contribution < 1.29 is 22.7 Å². The van der Waals surface area contributed by atoms with E-state index < -0.39 is 12.4 Å². The molecule has 1 heterocycles. The third-order valence-electron chi connectivity index (χ3n) is 5.08. The number of anilines is 1. The fourth-order valence-electron chi connectivity index (χ4n) is 3.48. The zero-order valence-electron chi connectivity index (χ0n) is 18.9. The maximum Gasteiger partial charge on any atom is 0.573 e. The van der Waals surface area contributed by atoms with Gasteiger partial charge in [-0.3, -0.25) is 0 Å². The van der Waals surface area contributed by atoms with Gasteiger partial charge in [-0.15, -0.1) is 13.2 Å². The van der Waals surface area contributed by atoms with Gasteiger partial charge >= 0.3 is 12.4 Å². The molecule has 0 atom stereocenters. The molecule has 4 rings (SSSR count). The summed E-state index contributed by atoms with van der Waals surface area (Å²) in [6, 6.07) is 17.9. The summed E-state index contributed by atoms with van der Waals surface area (Å²) in [5, 5.41) is 12.1. The lowest BCUT2D eigenvalue weighted by Gasteiger charge is -2.12. The van der Waals surface area contributed by atoms with Crippen LogP contribution in [0.3, 0.4) is 0 Å². The van der Waals surface area contributed by atoms with E-state index in [2.05, 4.69) is 25.7 Å². The summed E-state index contributed by atoms with van der Waals surface area (Å²) in [4.78, 5) is 12.2. The molecule has 0 unspecified atom stereocenters. The molecule has 0 saturated heterocycles. The van der Waals surface area contributed by atoms with Crippen LogP contribution in [-0.4, -0.2) is 28.4 Å². The van der Waals surface area contributed by atoms with Gasteiger partial charge in [0.25, 0.3) is 0 Å². The topological polar surface area (TPSA) is 80.5 Å². The average molecular weight is 481 g/mol. The summed E-state index contributed by atoms with van der Waals surface area (Å²) < 4.78 is 42.5. The first-order valence-electron chi connectivity index (χ1n) is 10.7. The molecule has 180 valence electrons. The molecule has 4 aromatic rings. The van der Waals surface area contributed by atoms with Gasteiger partial charge in [-0.25, -0.2) is 14.9 Å². The van der Waals surface area contributed by atoms with E-state index in [1.807, 2.05) is 50.2 Å². The van der Waals surface area contributed by atoms with Crippen molar-refractivity contribution in [1.82, 2.24) is 15.2 Å². The number of rotatable bonds is 6. The van der Waals surface area contributed by atoms with Crippen molar-refractivity contribution in [3.8, 4) is 11.4 Å². The number of para-hydroxylation sites is 1. The van der Waals surface area contributed by atoms with Crippen LogP contribution in [0.4, 0.5) is 23.7 Å². The van der Waals surface area contributed by atoms with Crippen LogP contribution in [0.5, 0.6) is 5.75 Å². The highest BCUT2D eigenvalue weighted by atomic mass is 19.4. The van der Waals surface area contributed by atoms with E-state index in [0.717, 1.165) is 16.6 Å². The number of hydrogen-bond donors (Lipinski definition) is 2. The molecule has 3 aromatic carbocycles. The van der Waals surface area contributed by atoms with Crippen LogP contribution in [0.2, 0.25) is 0 Å². The van der Waals surface area contributed by atoms with Gasteiger partial charge in [0, 0.05) is 17.3 Å². The van der Waals surface area contributed by atoms with Crippen LogP contribution in [0.15, 0.2) is 78.0 Å². The number of carbonyl (C=O) groups is 1. The standard InChI is InChI=1S/C25H22F3N5O2/c1-16(2)21-5-3-4-6-22(21)30-24(34)31-29-14-17-7-8-18-15-33(32-23(18)13-17)19-9-11-20(12-10-19)35-25(26,27)28/h3-16H,1-2H3,(H2,30,31,34)/b29-14+. The Kier molecular flexibility index (Phi) is 6.72. The summed E-state index contributed by atoms with van der Waals surface area (Å²) in [6.45, 7) is 4.09. The first kappa shape index (κ1) is 23.8. The Bertz CT molecular complexity index is 1360. The van der Waals surface area contributed by atoms with E-state index in [4.69, 9.17) is 0 Å². The molecular weight excluding hydrogens is 459 g/mol. The Labute approximate surface area is 199 Å². The number of benzene rings is 3. The number of alkyl halides is 3. The van der Waals surface area contributed by atoms with Crippen molar-refractivity contribution >= 4 is 28.8 Å². The molecule has 0 saturated carbocycles. The predicted molar refractivity (Wildman–Crippen MR) is 128 cm³/mol. The molecular formula is C25H22F3N5O2. The van der Waals surface area contributed by atoms with Crippen LogP contribution in [0.1, 0.15) is 30.9 Å². The van der Waals surface area contributed by atoms with Gasteiger partial charge < -0.3 is 10.1 Å². The van der Waals surface area contributed by atoms with Gasteiger partial charge in [0.2, 0.25) is 0 Å². The van der Waals surface area contributed by atoms with E-state index in [0.29, 0.717) is 16.8 Å². The first-order chi connectivity index (χ1) is 16.7. The number of halogens is 3. The second-order valence-corrected chi connectivity index (χ2v) is 8.00. The van der Waals surface area contributed by atoms with Crippen molar-refractivity contribution in [2.24, 2.45) is 5.10 Å². The van der Waals surface area contributed by atoms with Crippen molar-refractivity contribution in [1.29, 1.82) is 0 Å². The Morgan fingerprint density at radius 1 is 1.09 bits per heavy atom. The highest BCUT2D eigenvalue weighted by Gasteiger charge is 2.31. The monoisotopic (exact) mass is 481 g/mol. The lowest BCUT2D eigenvalue weighted by atomic mass is 10.0. The fourth-order valence-corrected chi connectivity index (χ4v) is 3.48. The quantitative estimate of drug-likeness (QED) is 0.254. The Morgan fingerprint density at radius 2 is 1.83 bits per heavy atom. The smallest absolute Gasteiger partial charge is 0.406 e. The molecule has 0 bridgehead atoms. The van der Waals surface area contributed by atoms with Crippen molar-refractivity contribution in [2.45, 2.75) is 26.1 Å². The van der Waals surface area contributed by atoms with E-state index in [1.54, 1.807) is 16.9 Å². The van der Waals surface area contributed by atoms with Crippen molar-refractivity contribution in [2.75, 3.05) is 5.32 Å². The third-order valence-corrected chi connectivity index (χ3v) is 5.08. The van der Waals surface area contributed by atoms with Crippen molar-refractivity contribution in [3.05, 3.63) is 84.1 Å². The van der Waals surface area contributed by atoms with Crippen LogP contribution < -0.4 is 15.5 Å². The number of ether oxygens (including phenoxy) is 1. The van der Waals surface area contributed by atoms with Gasteiger partial charge in [-0.05, 0) is 53.4 Å². The maximum absolute atomic E-state index is 12.3. The number of hydrazone groups is 1. The minimum atomic E-state index is -4.74. The molecule has 35 heavy (non-hydrogen) atoms. The Balaban J connectivity index is 1.42. The molecule has 7 nitrogen and oxygen atoms in total. The highest BCUT2D eigenvalue weighted by Crippen LogP contribution is 2.25. The third kappa shape index (κ3) is 6.17. The number of urea groups is 1. The minimum absolute atomic E-state index is 0.257. The lowest BCUT2D eigenvalue weighted by molar-refractivity contribution is -0.274. The molecule has 0 spiro atoms. The van der Waals surface area contributed by atoms with Gasteiger partial charge in [0.1, 0.15) is 5.75 Å². The first-order valence-corrected chi connectivity index (χ1v) is 10.7. The average Bonchev–Trinajstić information content (AvgIpc) is 3.22. The molecule has 2 N–H and O–H groups in total. The number of carbonyl (C=O) groups excluding carboxylic acids is 1. The largest absolute Gasteiger partial charge is 0.573 e. The molecule has 0 aliphatic rings. The van der Waals surface area contributed by atoms with Crippen molar-refractivity contribution in [3.63, 3.8) is 0 Å². The lowest BCUT2D eigenvalue weighted by Crippen LogP contribution is -2.24. The summed E-state index contributed by atoms with van der Waals surface area (Å²) in [5.74, 6) is -0.0478. The van der Waals surface area contributed by atoms with Crippen LogP contribution in [-0.2, 0) is 0 Å². The van der Waals surface area contributed by atoms with Gasteiger partial charge in [-0.2, -0.15) is 10.2 Å². The normalized spacial score (nSPS) is 11.8. The zero-order valence-corrected chi connectivity index (χ0v) is 18.9. The summed E-state index contributed by atoms with van der Waals surface area (Å²) >= 11 is 0. The predicted octanol–water partition coefficient (Wildman–Crippen LogP) is 6.20. The zero-order chi connectivity index (χ0) is 25.0. The van der Waals surface area contributed by atoms with Gasteiger partial charge in [0.15, 0.2) is 0 Å². The van der Waals surface area contributed by atoms with Crippen LogP contribution in [0.25, 0.3) is 16.6 Å². The second kappa shape index (κ2) is 9.88. The molecule has 2 amide bonds. The van der Waals surface area contributed by atoms with E-state index in [1.165, 1.54) is 30.5 Å². The Morgan fingerprint density at radius 3 is 2.54 bits per heavy atom. The highest BCUT2D eigenvalue weighted by molar-refractivity contribution is 5.92. The fraction of sp³-hybridized carbons (Fsp3) is 0.160. The molecule has 0 aliphatic heterocycles. The second-order valence-electron chi connectivity index (χ2n) is 8.00. The molecule has 0 fully saturated rings. The maximum atomic E-state index is 12.3. The summed E-state index contributed by atoms with van der Waals surface area (Å²) in [6.07, 6.45) is -1.49. The summed E-state index contributed by atoms with van der Waals surface area (Å²) in [7, 11) is 0. The molecule has 0 radical (unpaired) electrons. The van der Waals surface area contributed by atoms with Crippen LogP contribution in [0, 0.1) is 0 Å². The van der Waals surface area contributed by atoms with Crippen LogP contribution >= 0.6 is 0 Å². The number of amides is 2. The van der Waals surface area contributed by atoms with E-state index >= 15 is 0 Å². The van der Waals surface area contributed by atoms with Gasteiger partial charge in [0.05, 0.1) is 17.4 Å². The molecule has 10 heteroatoms. The van der Waals surface area contributed by atoms with Gasteiger partial charge in [-0.1, -0.05) is 44.2 Å². The van der Waals surface area contributed by atoms with E-state index in [9.17, 15) is 18.0 Å². The SMILES string of the molecule is CC(C)c1ccccc1NC(=O)N/N=C/c1ccc2cn(-c3ccc(OC(F)(F)F)cc3)nc2c1.